The van der Waals surface area contributed by atoms with Crippen LogP contribution >= 0.6 is 39.1 Å². The van der Waals surface area contributed by atoms with Crippen LogP contribution in [0.2, 0.25) is 10.0 Å². The van der Waals surface area contributed by atoms with Crippen LogP contribution in [0.4, 0.5) is 5.69 Å². The van der Waals surface area contributed by atoms with E-state index in [2.05, 4.69) is 21.2 Å². The highest BCUT2D eigenvalue weighted by Gasteiger charge is 2.08. The van der Waals surface area contributed by atoms with Crippen LogP contribution in [-0.2, 0) is 0 Å². The molecular formula is C15H14BrCl2NO2. The van der Waals surface area contributed by atoms with Gasteiger partial charge in [-0.25, -0.2) is 0 Å². The molecule has 0 aliphatic carbocycles. The quantitative estimate of drug-likeness (QED) is 0.756. The number of para-hydroxylation sites is 1. The largest absolute Gasteiger partial charge is 0.489 e. The van der Waals surface area contributed by atoms with Crippen LogP contribution in [0.25, 0.3) is 0 Å². The molecule has 0 spiro atoms. The van der Waals surface area contributed by atoms with Crippen molar-refractivity contribution >= 4 is 44.8 Å². The number of anilines is 1. The molecular weight excluding hydrogens is 377 g/mol. The summed E-state index contributed by atoms with van der Waals surface area (Å²) in [7, 11) is 0. The lowest BCUT2D eigenvalue weighted by Crippen LogP contribution is -2.26. The first-order chi connectivity index (χ1) is 10.1. The maximum Gasteiger partial charge on any atom is 0.138 e. The standard InChI is InChI=1S/C15H14BrCl2NO2/c16-12-6-5-10(17)7-14(12)19-8-11(20)9-21-15-4-2-1-3-13(15)18/h1-7,11,19-20H,8-9H2. The molecule has 21 heavy (non-hydrogen) atoms. The lowest BCUT2D eigenvalue weighted by atomic mass is 10.3. The highest BCUT2D eigenvalue weighted by atomic mass is 79.9. The summed E-state index contributed by atoms with van der Waals surface area (Å²) in [5, 5.41) is 14.2. The molecule has 0 radical (unpaired) electrons. The summed E-state index contributed by atoms with van der Waals surface area (Å²) in [4.78, 5) is 0. The molecule has 0 aromatic heterocycles. The first kappa shape index (κ1) is 16.4. The monoisotopic (exact) mass is 389 g/mol. The Morgan fingerprint density at radius 2 is 1.95 bits per heavy atom. The molecule has 0 saturated heterocycles. The Hall–Kier alpha value is -0.940. The van der Waals surface area contributed by atoms with Gasteiger partial charge in [0.05, 0.1) is 5.02 Å². The fourth-order valence-electron chi connectivity index (χ4n) is 1.67. The zero-order valence-corrected chi connectivity index (χ0v) is 14.1. The topological polar surface area (TPSA) is 41.5 Å². The number of nitrogens with one attached hydrogen (secondary N) is 1. The van der Waals surface area contributed by atoms with Gasteiger partial charge in [0, 0.05) is 21.7 Å². The van der Waals surface area contributed by atoms with Crippen molar-refractivity contribution in [3.05, 3.63) is 57.0 Å². The number of hydrogen-bond donors (Lipinski definition) is 2. The SMILES string of the molecule is OC(CNc1cc(Cl)ccc1Br)COc1ccccc1Cl. The number of hydrogen-bond acceptors (Lipinski definition) is 3. The average molecular weight is 391 g/mol. The second-order valence-corrected chi connectivity index (χ2v) is 6.10. The third-order valence-electron chi connectivity index (χ3n) is 2.72. The zero-order valence-electron chi connectivity index (χ0n) is 11.0. The molecule has 2 rings (SSSR count). The number of aliphatic hydroxyl groups is 1. The van der Waals surface area contributed by atoms with Crippen molar-refractivity contribution < 1.29 is 9.84 Å². The van der Waals surface area contributed by atoms with Crippen LogP contribution in [0.3, 0.4) is 0 Å². The van der Waals surface area contributed by atoms with Crippen molar-refractivity contribution in [3.8, 4) is 5.75 Å². The van der Waals surface area contributed by atoms with E-state index in [4.69, 9.17) is 27.9 Å². The van der Waals surface area contributed by atoms with Crippen LogP contribution in [0.1, 0.15) is 0 Å². The van der Waals surface area contributed by atoms with Gasteiger partial charge < -0.3 is 15.2 Å². The van der Waals surface area contributed by atoms with Crippen molar-refractivity contribution in [3.63, 3.8) is 0 Å². The molecule has 6 heteroatoms. The molecule has 2 aromatic rings. The average Bonchev–Trinajstić information content (AvgIpc) is 2.47. The minimum Gasteiger partial charge on any atom is -0.489 e. The van der Waals surface area contributed by atoms with Gasteiger partial charge in [-0.1, -0.05) is 35.3 Å². The molecule has 0 aliphatic heterocycles. The van der Waals surface area contributed by atoms with Gasteiger partial charge in [-0.15, -0.1) is 0 Å². The summed E-state index contributed by atoms with van der Waals surface area (Å²) in [5.74, 6) is 0.558. The fourth-order valence-corrected chi connectivity index (χ4v) is 2.42. The van der Waals surface area contributed by atoms with Crippen molar-refractivity contribution in [1.29, 1.82) is 0 Å². The Balaban J connectivity index is 1.84. The van der Waals surface area contributed by atoms with Gasteiger partial charge in [0.1, 0.15) is 18.5 Å². The van der Waals surface area contributed by atoms with Gasteiger partial charge in [-0.3, -0.25) is 0 Å². The first-order valence-corrected chi connectivity index (χ1v) is 7.85. The molecule has 2 N–H and O–H groups in total. The maximum absolute atomic E-state index is 9.94. The minimum atomic E-state index is -0.674. The molecule has 0 saturated carbocycles. The molecule has 112 valence electrons. The second-order valence-electron chi connectivity index (χ2n) is 4.40. The molecule has 3 nitrogen and oxygen atoms in total. The van der Waals surface area contributed by atoms with Crippen LogP contribution in [0, 0.1) is 0 Å². The van der Waals surface area contributed by atoms with Crippen molar-refractivity contribution in [2.45, 2.75) is 6.10 Å². The number of ether oxygens (including phenoxy) is 1. The third-order valence-corrected chi connectivity index (χ3v) is 3.96. The molecule has 1 unspecified atom stereocenters. The molecule has 0 fully saturated rings. The second kappa shape index (κ2) is 7.90. The van der Waals surface area contributed by atoms with Gasteiger partial charge in [0.25, 0.3) is 0 Å². The Labute approximate surface area is 142 Å². The summed E-state index contributed by atoms with van der Waals surface area (Å²) in [5.41, 5.74) is 0.819. The van der Waals surface area contributed by atoms with Gasteiger partial charge in [0.15, 0.2) is 0 Å². The highest BCUT2D eigenvalue weighted by Crippen LogP contribution is 2.26. The van der Waals surface area contributed by atoms with E-state index < -0.39 is 6.10 Å². The van der Waals surface area contributed by atoms with Gasteiger partial charge in [0.2, 0.25) is 0 Å². The Morgan fingerprint density at radius 3 is 2.71 bits per heavy atom. The van der Waals surface area contributed by atoms with E-state index in [1.165, 1.54) is 0 Å². The van der Waals surface area contributed by atoms with Crippen molar-refractivity contribution in [2.75, 3.05) is 18.5 Å². The zero-order chi connectivity index (χ0) is 15.2. The summed E-state index contributed by atoms with van der Waals surface area (Å²) in [6, 6.07) is 12.6. The predicted molar refractivity (Wildman–Crippen MR) is 90.6 cm³/mol. The number of rotatable bonds is 6. The highest BCUT2D eigenvalue weighted by molar-refractivity contribution is 9.10. The van der Waals surface area contributed by atoms with Crippen molar-refractivity contribution in [1.82, 2.24) is 0 Å². The maximum atomic E-state index is 9.94. The Morgan fingerprint density at radius 1 is 1.19 bits per heavy atom. The number of benzene rings is 2. The van der Waals surface area contributed by atoms with E-state index in [1.54, 1.807) is 24.3 Å². The van der Waals surface area contributed by atoms with E-state index in [1.807, 2.05) is 18.2 Å². The van der Waals surface area contributed by atoms with Gasteiger partial charge >= 0.3 is 0 Å². The molecule has 0 amide bonds. The van der Waals surface area contributed by atoms with E-state index in [9.17, 15) is 5.11 Å². The number of halogens is 3. The minimum absolute atomic E-state index is 0.148. The van der Waals surface area contributed by atoms with Crippen LogP contribution in [0.15, 0.2) is 46.9 Å². The molecule has 0 heterocycles. The normalized spacial score (nSPS) is 12.0. The summed E-state index contributed by atoms with van der Waals surface area (Å²) < 4.78 is 6.36. The summed E-state index contributed by atoms with van der Waals surface area (Å²) in [6.45, 7) is 0.484. The first-order valence-electron chi connectivity index (χ1n) is 6.30. The molecule has 1 atom stereocenters. The van der Waals surface area contributed by atoms with Crippen LogP contribution < -0.4 is 10.1 Å². The molecule has 2 aromatic carbocycles. The van der Waals surface area contributed by atoms with Crippen molar-refractivity contribution in [2.24, 2.45) is 0 Å². The lowest BCUT2D eigenvalue weighted by Gasteiger charge is -2.15. The Bertz CT molecular complexity index is 610. The summed E-state index contributed by atoms with van der Waals surface area (Å²) >= 11 is 15.3. The summed E-state index contributed by atoms with van der Waals surface area (Å²) in [6.07, 6.45) is -0.674. The van der Waals surface area contributed by atoms with Gasteiger partial charge in [-0.2, -0.15) is 0 Å². The van der Waals surface area contributed by atoms with E-state index in [-0.39, 0.29) is 6.61 Å². The smallest absolute Gasteiger partial charge is 0.138 e. The number of aliphatic hydroxyl groups excluding tert-OH is 1. The van der Waals surface area contributed by atoms with Crippen LogP contribution in [-0.4, -0.2) is 24.4 Å². The molecule has 0 bridgehead atoms. The fraction of sp³-hybridized carbons (Fsp3) is 0.200. The van der Waals surface area contributed by atoms with E-state index in [0.29, 0.717) is 22.3 Å². The third kappa shape index (κ3) is 5.08. The Kier molecular flexibility index (Phi) is 6.18. The van der Waals surface area contributed by atoms with E-state index >= 15 is 0 Å². The van der Waals surface area contributed by atoms with E-state index in [0.717, 1.165) is 10.2 Å². The molecule has 0 aliphatic rings. The lowest BCUT2D eigenvalue weighted by molar-refractivity contribution is 0.117. The van der Waals surface area contributed by atoms with Gasteiger partial charge in [-0.05, 0) is 46.3 Å². The predicted octanol–water partition coefficient (Wildman–Crippen LogP) is 4.61. The van der Waals surface area contributed by atoms with Crippen LogP contribution in [0.5, 0.6) is 5.75 Å².